The summed E-state index contributed by atoms with van der Waals surface area (Å²) in [5, 5.41) is 2.96. The normalized spacial score (nSPS) is 18.7. The Bertz CT molecular complexity index is 873. The van der Waals surface area contributed by atoms with Crippen molar-refractivity contribution in [2.45, 2.75) is 38.8 Å². The quantitative estimate of drug-likeness (QED) is 0.924. The number of nitrogens with one attached hydrogen (secondary N) is 1. The molecule has 1 aliphatic carbocycles. The summed E-state index contributed by atoms with van der Waals surface area (Å²) in [6.07, 6.45) is 1.98. The first-order valence-corrected chi connectivity index (χ1v) is 9.01. The predicted octanol–water partition coefficient (Wildman–Crippen LogP) is 3.31. The fourth-order valence-electron chi connectivity index (χ4n) is 3.19. The monoisotopic (exact) mass is 350 g/mol. The van der Waals surface area contributed by atoms with E-state index in [1.54, 1.807) is 29.2 Å². The van der Waals surface area contributed by atoms with E-state index in [0.717, 1.165) is 24.1 Å². The van der Waals surface area contributed by atoms with Crippen molar-refractivity contribution >= 4 is 17.5 Å². The van der Waals surface area contributed by atoms with E-state index in [9.17, 15) is 9.59 Å². The molecule has 1 fully saturated rings. The van der Waals surface area contributed by atoms with Crippen LogP contribution in [0.1, 0.15) is 46.0 Å². The lowest BCUT2D eigenvalue weighted by molar-refractivity contribution is 0.0951. The fourth-order valence-corrected chi connectivity index (χ4v) is 3.19. The molecule has 1 heterocycles. The first kappa shape index (κ1) is 16.6. The van der Waals surface area contributed by atoms with E-state index in [2.05, 4.69) is 5.32 Å². The number of anilines is 1. The molecule has 1 aliphatic heterocycles. The second kappa shape index (κ2) is 6.48. The molecule has 0 radical (unpaired) electrons. The van der Waals surface area contributed by atoms with Gasteiger partial charge in [0.15, 0.2) is 0 Å². The Hall–Kier alpha value is -2.82. The van der Waals surface area contributed by atoms with Crippen LogP contribution < -0.4 is 15.0 Å². The minimum atomic E-state index is -0.118. The summed E-state index contributed by atoms with van der Waals surface area (Å²) < 4.78 is 5.86. The summed E-state index contributed by atoms with van der Waals surface area (Å²) >= 11 is 0. The second-order valence-electron chi connectivity index (χ2n) is 7.14. The smallest absolute Gasteiger partial charge is 0.258 e. The summed E-state index contributed by atoms with van der Waals surface area (Å²) in [5.74, 6) is 0.479. The molecule has 134 valence electrons. The summed E-state index contributed by atoms with van der Waals surface area (Å²) in [4.78, 5) is 27.2. The Morgan fingerprint density at radius 1 is 1.12 bits per heavy atom. The zero-order valence-electron chi connectivity index (χ0n) is 15.0. The molecular weight excluding hydrogens is 328 g/mol. The van der Waals surface area contributed by atoms with Crippen molar-refractivity contribution < 1.29 is 14.3 Å². The molecule has 1 atom stereocenters. The number of aryl methyl sites for hydroxylation is 1. The van der Waals surface area contributed by atoms with Gasteiger partial charge >= 0.3 is 0 Å². The number of benzene rings is 2. The minimum Gasteiger partial charge on any atom is -0.487 e. The lowest BCUT2D eigenvalue weighted by Gasteiger charge is -2.33. The lowest BCUT2D eigenvalue weighted by atomic mass is 10.1. The standard InChI is InChI=1S/C21H22N2O3/c1-13-6-9-19-18(10-13)23(12-14(2)26-19)21(25)16-5-3-4-15(11-16)20(24)22-17-7-8-17/h3-6,9-11,14,17H,7-8,12H2,1-2H3,(H,22,24). The molecule has 2 aromatic rings. The Balaban J connectivity index is 1.63. The van der Waals surface area contributed by atoms with Crippen molar-refractivity contribution in [1.29, 1.82) is 0 Å². The van der Waals surface area contributed by atoms with Gasteiger partial charge in [0, 0.05) is 17.2 Å². The average Bonchev–Trinajstić information content (AvgIpc) is 3.45. The number of ether oxygens (including phenoxy) is 1. The molecule has 2 amide bonds. The maximum atomic E-state index is 13.2. The second-order valence-corrected chi connectivity index (χ2v) is 7.14. The number of fused-ring (bicyclic) bond motifs is 1. The van der Waals surface area contributed by atoms with Crippen LogP contribution in [-0.2, 0) is 0 Å². The van der Waals surface area contributed by atoms with E-state index in [4.69, 9.17) is 4.74 Å². The number of carbonyl (C=O) groups is 2. The van der Waals surface area contributed by atoms with E-state index in [0.29, 0.717) is 23.4 Å². The molecule has 1 N–H and O–H groups in total. The van der Waals surface area contributed by atoms with E-state index >= 15 is 0 Å². The van der Waals surface area contributed by atoms with Gasteiger partial charge in [0.2, 0.25) is 0 Å². The molecule has 2 aliphatic rings. The zero-order chi connectivity index (χ0) is 18.3. The van der Waals surface area contributed by atoms with Crippen LogP contribution in [0.2, 0.25) is 0 Å². The third-order valence-electron chi connectivity index (χ3n) is 4.70. The lowest BCUT2D eigenvalue weighted by Crippen LogP contribution is -2.42. The van der Waals surface area contributed by atoms with Gasteiger partial charge in [-0.25, -0.2) is 0 Å². The predicted molar refractivity (Wildman–Crippen MR) is 99.9 cm³/mol. The van der Waals surface area contributed by atoms with Crippen LogP contribution in [0.15, 0.2) is 42.5 Å². The van der Waals surface area contributed by atoms with Crippen LogP contribution in [0.4, 0.5) is 5.69 Å². The van der Waals surface area contributed by atoms with Crippen molar-refractivity contribution in [1.82, 2.24) is 5.32 Å². The Labute approximate surface area is 153 Å². The highest BCUT2D eigenvalue weighted by atomic mass is 16.5. The number of hydrogen-bond donors (Lipinski definition) is 1. The van der Waals surface area contributed by atoms with Crippen LogP contribution in [-0.4, -0.2) is 30.5 Å². The van der Waals surface area contributed by atoms with Crippen LogP contribution in [0.5, 0.6) is 5.75 Å². The Morgan fingerprint density at radius 3 is 2.65 bits per heavy atom. The third-order valence-corrected chi connectivity index (χ3v) is 4.70. The topological polar surface area (TPSA) is 58.6 Å². The molecule has 1 saturated carbocycles. The average molecular weight is 350 g/mol. The van der Waals surface area contributed by atoms with Gasteiger partial charge in [-0.15, -0.1) is 0 Å². The molecule has 0 aromatic heterocycles. The molecule has 5 heteroatoms. The summed E-state index contributed by atoms with van der Waals surface area (Å²) in [5.41, 5.74) is 2.88. The largest absolute Gasteiger partial charge is 0.487 e. The van der Waals surface area contributed by atoms with Gasteiger partial charge in [-0.1, -0.05) is 12.1 Å². The van der Waals surface area contributed by atoms with Gasteiger partial charge in [0.25, 0.3) is 11.8 Å². The van der Waals surface area contributed by atoms with Gasteiger partial charge in [-0.2, -0.15) is 0 Å². The van der Waals surface area contributed by atoms with Gasteiger partial charge in [-0.05, 0) is 62.6 Å². The molecule has 26 heavy (non-hydrogen) atoms. The van der Waals surface area contributed by atoms with Crippen molar-refractivity contribution in [3.63, 3.8) is 0 Å². The molecule has 0 saturated heterocycles. The molecule has 1 unspecified atom stereocenters. The highest BCUT2D eigenvalue weighted by Crippen LogP contribution is 2.35. The van der Waals surface area contributed by atoms with Crippen LogP contribution in [0, 0.1) is 6.92 Å². The SMILES string of the molecule is Cc1ccc2c(c1)N(C(=O)c1cccc(C(=O)NC3CC3)c1)CC(C)O2. The van der Waals surface area contributed by atoms with E-state index in [1.807, 2.05) is 32.0 Å². The van der Waals surface area contributed by atoms with E-state index < -0.39 is 0 Å². The fraction of sp³-hybridized carbons (Fsp3) is 0.333. The molecule has 4 rings (SSSR count). The van der Waals surface area contributed by atoms with Crippen molar-refractivity contribution in [3.8, 4) is 5.75 Å². The maximum absolute atomic E-state index is 13.2. The van der Waals surface area contributed by atoms with Gasteiger partial charge in [-0.3, -0.25) is 9.59 Å². The number of hydrogen-bond acceptors (Lipinski definition) is 3. The molecule has 0 spiro atoms. The van der Waals surface area contributed by atoms with Gasteiger partial charge in [0.1, 0.15) is 11.9 Å². The molecule has 0 bridgehead atoms. The van der Waals surface area contributed by atoms with Crippen molar-refractivity contribution in [3.05, 3.63) is 59.2 Å². The van der Waals surface area contributed by atoms with Crippen molar-refractivity contribution in [2.75, 3.05) is 11.4 Å². The maximum Gasteiger partial charge on any atom is 0.258 e. The number of nitrogens with zero attached hydrogens (tertiary/aromatic N) is 1. The minimum absolute atomic E-state index is 0.0875. The number of rotatable bonds is 3. The molecule has 5 nitrogen and oxygen atoms in total. The summed E-state index contributed by atoms with van der Waals surface area (Å²) in [6.45, 7) is 4.42. The van der Waals surface area contributed by atoms with Crippen LogP contribution >= 0.6 is 0 Å². The van der Waals surface area contributed by atoms with E-state index in [-0.39, 0.29) is 24.0 Å². The zero-order valence-corrected chi connectivity index (χ0v) is 15.0. The molecular formula is C21H22N2O3. The summed E-state index contributed by atoms with van der Waals surface area (Å²) in [7, 11) is 0. The Kier molecular flexibility index (Phi) is 4.15. The summed E-state index contributed by atoms with van der Waals surface area (Å²) in [6, 6.07) is 13.1. The molecule has 2 aromatic carbocycles. The van der Waals surface area contributed by atoms with E-state index in [1.165, 1.54) is 0 Å². The van der Waals surface area contributed by atoms with Gasteiger partial charge < -0.3 is 15.0 Å². The number of amides is 2. The van der Waals surface area contributed by atoms with Gasteiger partial charge in [0.05, 0.1) is 12.2 Å². The highest BCUT2D eigenvalue weighted by Gasteiger charge is 2.29. The highest BCUT2D eigenvalue weighted by molar-refractivity contribution is 6.08. The van der Waals surface area contributed by atoms with Crippen LogP contribution in [0.3, 0.4) is 0 Å². The Morgan fingerprint density at radius 2 is 1.88 bits per heavy atom. The van der Waals surface area contributed by atoms with Crippen molar-refractivity contribution in [2.24, 2.45) is 0 Å². The first-order chi connectivity index (χ1) is 12.5. The third kappa shape index (κ3) is 3.29. The first-order valence-electron chi connectivity index (χ1n) is 9.01. The van der Waals surface area contributed by atoms with Crippen LogP contribution in [0.25, 0.3) is 0 Å². The number of carbonyl (C=O) groups excluding carboxylic acids is 2.